The van der Waals surface area contributed by atoms with E-state index < -0.39 is 20.8 Å². The number of aryl methyl sites for hydroxylation is 2. The minimum atomic E-state index is -0.826. The van der Waals surface area contributed by atoms with E-state index in [1.165, 1.54) is 45.0 Å². The summed E-state index contributed by atoms with van der Waals surface area (Å²) in [5.74, 6) is 0. The van der Waals surface area contributed by atoms with Gasteiger partial charge in [-0.2, -0.15) is 6.07 Å². The van der Waals surface area contributed by atoms with Crippen molar-refractivity contribution in [2.45, 2.75) is 59.3 Å². The molecule has 0 aliphatic carbocycles. The normalized spacial score (nSPS) is 11.2. The zero-order valence-electron chi connectivity index (χ0n) is 17.0. The van der Waals surface area contributed by atoms with E-state index in [9.17, 15) is 0 Å². The average Bonchev–Trinajstić information content (AvgIpc) is 3.03. The van der Waals surface area contributed by atoms with Crippen molar-refractivity contribution in [2.75, 3.05) is 0 Å². The van der Waals surface area contributed by atoms with Crippen LogP contribution in [0.1, 0.15) is 57.7 Å². The molecule has 0 aliphatic heterocycles. The molecule has 0 bridgehead atoms. The van der Waals surface area contributed by atoms with Crippen LogP contribution in [0.3, 0.4) is 0 Å². The molecule has 0 unspecified atom stereocenters. The Hall–Kier alpha value is -0.487. The number of rotatable bonds is 4. The van der Waals surface area contributed by atoms with Gasteiger partial charge in [-0.15, -0.1) is 34.5 Å². The Morgan fingerprint density at radius 1 is 1.00 bits per heavy atom. The molecule has 0 spiro atoms. The van der Waals surface area contributed by atoms with E-state index in [0.29, 0.717) is 0 Å². The third-order valence-corrected chi connectivity index (χ3v) is 4.96. The predicted octanol–water partition coefficient (Wildman–Crippen LogP) is 8.41. The molecule has 0 fully saturated rings. The van der Waals surface area contributed by atoms with Crippen molar-refractivity contribution in [3.63, 3.8) is 0 Å². The Kier molecular flexibility index (Phi) is 8.73. The van der Waals surface area contributed by atoms with Gasteiger partial charge in [-0.3, -0.25) is 0 Å². The summed E-state index contributed by atoms with van der Waals surface area (Å²) in [7, 11) is 9.87. The molecule has 3 aromatic rings. The first kappa shape index (κ1) is 22.8. The summed E-state index contributed by atoms with van der Waals surface area (Å²) < 4.78 is 0. The molecule has 3 rings (SSSR count). The number of halogens is 2. The van der Waals surface area contributed by atoms with Crippen LogP contribution in [0.5, 0.6) is 0 Å². The first-order chi connectivity index (χ1) is 12.9. The van der Waals surface area contributed by atoms with Crippen LogP contribution in [0, 0.1) is 0 Å². The quantitative estimate of drug-likeness (QED) is 0.330. The maximum absolute atomic E-state index is 4.93. The van der Waals surface area contributed by atoms with E-state index in [4.69, 9.17) is 17.0 Å². The third-order valence-electron chi connectivity index (χ3n) is 4.96. The summed E-state index contributed by atoms with van der Waals surface area (Å²) in [6, 6.07) is 18.4. The van der Waals surface area contributed by atoms with Crippen molar-refractivity contribution in [2.24, 2.45) is 0 Å². The predicted molar refractivity (Wildman–Crippen MR) is 119 cm³/mol. The monoisotopic (exact) mass is 477 g/mol. The number of benzene rings is 2. The van der Waals surface area contributed by atoms with Crippen molar-refractivity contribution >= 4 is 27.8 Å². The van der Waals surface area contributed by atoms with Gasteiger partial charge < -0.3 is 0 Å². The van der Waals surface area contributed by atoms with Gasteiger partial charge >= 0.3 is 37.9 Å². The molecule has 0 saturated carbocycles. The average molecular weight is 480 g/mol. The van der Waals surface area contributed by atoms with Crippen molar-refractivity contribution < 1.29 is 20.8 Å². The molecular weight excluding hydrogens is 450 g/mol. The number of hydrogen-bond acceptors (Lipinski definition) is 0. The second kappa shape index (κ2) is 10.3. The Balaban J connectivity index is 0.000000817. The fraction of sp³-hybridized carbons (Fsp3) is 0.375. The van der Waals surface area contributed by atoms with Crippen LogP contribution in [0.15, 0.2) is 48.5 Å². The summed E-state index contributed by atoms with van der Waals surface area (Å²) in [4.78, 5) is 0. The van der Waals surface area contributed by atoms with Gasteiger partial charge in [0, 0.05) is 0 Å². The molecule has 0 aliphatic rings. The first-order valence-electron chi connectivity index (χ1n) is 9.64. The Bertz CT molecular complexity index is 872. The molecule has 3 heteroatoms. The fourth-order valence-electron chi connectivity index (χ4n) is 3.76. The van der Waals surface area contributed by atoms with Crippen molar-refractivity contribution in [3.8, 4) is 11.1 Å². The van der Waals surface area contributed by atoms with Crippen LogP contribution in [-0.4, -0.2) is 0 Å². The first-order valence-corrected chi connectivity index (χ1v) is 16.0. The molecule has 0 N–H and O–H groups in total. The van der Waals surface area contributed by atoms with E-state index in [0.717, 1.165) is 12.8 Å². The summed E-state index contributed by atoms with van der Waals surface area (Å²) in [5.41, 5.74) is 7.34. The van der Waals surface area contributed by atoms with Gasteiger partial charge in [0.1, 0.15) is 0 Å². The van der Waals surface area contributed by atoms with Crippen LogP contribution in [0.25, 0.3) is 21.9 Å². The molecule has 0 amide bonds. The van der Waals surface area contributed by atoms with Gasteiger partial charge in [-0.05, 0) is 29.4 Å². The standard InChI is InChI=1S/C24H29.2ClH.Zr/c1-6-10-17-15-19-13-14-22(24(3,4)5)23(21(19)16-17)20-12-9-8-11-18(20)7-2;;;/h8-9,11-16H,6-7,10H2,1-5H3;2*1H;/q-1;;;+2/p-2. The van der Waals surface area contributed by atoms with Crippen LogP contribution in [0.2, 0.25) is 0 Å². The SMILES string of the molecule is CCCc1cc2c(-c3ccccc3CC)c(C(C)(C)C)ccc2[cH-]1.[Cl][Zr][Cl]. The summed E-state index contributed by atoms with van der Waals surface area (Å²) in [6.07, 6.45) is 3.43. The maximum atomic E-state index is 4.93. The van der Waals surface area contributed by atoms with Crippen LogP contribution >= 0.6 is 17.0 Å². The van der Waals surface area contributed by atoms with E-state index in [1.54, 1.807) is 0 Å². The second-order valence-electron chi connectivity index (χ2n) is 7.94. The van der Waals surface area contributed by atoms with Crippen LogP contribution in [-0.2, 0) is 39.1 Å². The molecule has 3 aromatic carbocycles. The van der Waals surface area contributed by atoms with Gasteiger partial charge in [0.05, 0.1) is 0 Å². The van der Waals surface area contributed by atoms with Crippen LogP contribution in [0.4, 0.5) is 0 Å². The molecule has 0 saturated heterocycles. The van der Waals surface area contributed by atoms with Gasteiger partial charge in [-0.25, -0.2) is 0 Å². The Morgan fingerprint density at radius 3 is 2.26 bits per heavy atom. The van der Waals surface area contributed by atoms with E-state index in [-0.39, 0.29) is 5.41 Å². The Labute approximate surface area is 183 Å². The summed E-state index contributed by atoms with van der Waals surface area (Å²) in [5, 5.41) is 2.80. The zero-order chi connectivity index (χ0) is 20.0. The van der Waals surface area contributed by atoms with Crippen LogP contribution < -0.4 is 0 Å². The molecule has 144 valence electrons. The Morgan fingerprint density at radius 2 is 1.67 bits per heavy atom. The minimum absolute atomic E-state index is 0.132. The molecule has 0 heterocycles. The van der Waals surface area contributed by atoms with Gasteiger partial charge in [0.2, 0.25) is 0 Å². The van der Waals surface area contributed by atoms with Gasteiger partial charge in [0.25, 0.3) is 0 Å². The molecule has 0 radical (unpaired) electrons. The van der Waals surface area contributed by atoms with Crippen molar-refractivity contribution in [1.82, 2.24) is 0 Å². The molecule has 27 heavy (non-hydrogen) atoms. The molecule has 0 atom stereocenters. The molecular formula is C24H29Cl2Zr-. The van der Waals surface area contributed by atoms with E-state index in [1.807, 2.05) is 0 Å². The second-order valence-corrected chi connectivity index (χ2v) is 11.7. The number of fused-ring (bicyclic) bond motifs is 1. The van der Waals surface area contributed by atoms with Crippen molar-refractivity contribution in [3.05, 3.63) is 65.2 Å². The third kappa shape index (κ3) is 5.53. The zero-order valence-corrected chi connectivity index (χ0v) is 21.0. The molecule has 0 nitrogen and oxygen atoms in total. The number of hydrogen-bond donors (Lipinski definition) is 0. The van der Waals surface area contributed by atoms with Gasteiger partial charge in [0.15, 0.2) is 0 Å². The molecule has 0 aromatic heterocycles. The van der Waals surface area contributed by atoms with E-state index in [2.05, 4.69) is 83.1 Å². The van der Waals surface area contributed by atoms with Crippen molar-refractivity contribution in [1.29, 1.82) is 0 Å². The van der Waals surface area contributed by atoms with Gasteiger partial charge in [-0.1, -0.05) is 76.4 Å². The summed E-state index contributed by atoms with van der Waals surface area (Å²) >= 11 is -0.826. The van der Waals surface area contributed by atoms with E-state index >= 15 is 0 Å². The topological polar surface area (TPSA) is 0 Å². The summed E-state index contributed by atoms with van der Waals surface area (Å²) in [6.45, 7) is 11.5. The fourth-order valence-corrected chi connectivity index (χ4v) is 3.76.